The van der Waals surface area contributed by atoms with E-state index in [1.54, 1.807) is 0 Å². The Morgan fingerprint density at radius 1 is 1.04 bits per heavy atom. The molecule has 2 N–H and O–H groups in total. The summed E-state index contributed by atoms with van der Waals surface area (Å²) in [5.74, 6) is -0.511. The molecule has 0 radical (unpaired) electrons. The van der Waals surface area contributed by atoms with E-state index in [4.69, 9.17) is 5.11 Å². The van der Waals surface area contributed by atoms with E-state index in [2.05, 4.69) is 56.3 Å². The number of nitrogens with zero attached hydrogens (tertiary/aromatic N) is 4. The first-order valence-electron chi connectivity index (χ1n) is 8.96. The molecule has 0 saturated carbocycles. The predicted molar refractivity (Wildman–Crippen MR) is 100 cm³/mol. The maximum atomic E-state index is 10.8. The van der Waals surface area contributed by atoms with Crippen molar-refractivity contribution in [3.8, 4) is 0 Å². The molecule has 0 unspecified atom stereocenters. The number of carboxylic acid groups (broad SMARTS) is 1. The first-order chi connectivity index (χ1) is 12.6. The fourth-order valence-corrected chi connectivity index (χ4v) is 3.01. The number of piperazine rings is 1. The molecule has 1 aliphatic heterocycles. The summed E-state index contributed by atoms with van der Waals surface area (Å²) in [5, 5.41) is 12.0. The van der Waals surface area contributed by atoms with Gasteiger partial charge in [-0.25, -0.2) is 14.8 Å². The molecule has 7 heteroatoms. The van der Waals surface area contributed by atoms with Crippen LogP contribution in [0.25, 0.3) is 0 Å². The number of hydrogen-bond acceptors (Lipinski definition) is 6. The largest absolute Gasteiger partial charge is 0.476 e. The highest BCUT2D eigenvalue weighted by molar-refractivity contribution is 5.84. The van der Waals surface area contributed by atoms with Gasteiger partial charge < -0.3 is 15.3 Å². The molecule has 0 amide bonds. The third kappa shape index (κ3) is 5.00. The second-order valence-corrected chi connectivity index (χ2v) is 6.47. The monoisotopic (exact) mass is 355 g/mol. The van der Waals surface area contributed by atoms with Crippen LogP contribution >= 0.6 is 0 Å². The highest BCUT2D eigenvalue weighted by Crippen LogP contribution is 2.11. The Hall–Kier alpha value is -2.51. The summed E-state index contributed by atoms with van der Waals surface area (Å²) in [6, 6.07) is 8.57. The summed E-state index contributed by atoms with van der Waals surface area (Å²) in [5.41, 5.74) is 2.41. The second kappa shape index (κ2) is 8.73. The molecule has 138 valence electrons. The fraction of sp³-hybridized carbons (Fsp3) is 0.421. The lowest BCUT2D eigenvalue weighted by Crippen LogP contribution is -2.45. The maximum absolute atomic E-state index is 10.8. The van der Waals surface area contributed by atoms with E-state index in [0.717, 1.165) is 44.8 Å². The van der Waals surface area contributed by atoms with Crippen LogP contribution in [0.4, 0.5) is 5.82 Å². The normalized spacial score (nSPS) is 15.7. The Morgan fingerprint density at radius 2 is 1.69 bits per heavy atom. The van der Waals surface area contributed by atoms with Crippen molar-refractivity contribution in [2.24, 2.45) is 0 Å². The summed E-state index contributed by atoms with van der Waals surface area (Å²) in [6.45, 7) is 9.53. The topological polar surface area (TPSA) is 81.6 Å². The van der Waals surface area contributed by atoms with Gasteiger partial charge in [0, 0.05) is 39.3 Å². The fourth-order valence-electron chi connectivity index (χ4n) is 3.01. The van der Waals surface area contributed by atoms with Gasteiger partial charge in [-0.3, -0.25) is 4.90 Å². The van der Waals surface area contributed by atoms with Gasteiger partial charge in [0.15, 0.2) is 5.69 Å². The number of aromatic nitrogens is 2. The zero-order valence-electron chi connectivity index (χ0n) is 15.1. The van der Waals surface area contributed by atoms with Gasteiger partial charge >= 0.3 is 5.97 Å². The van der Waals surface area contributed by atoms with Crippen LogP contribution in [0.3, 0.4) is 0 Å². The van der Waals surface area contributed by atoms with Crippen LogP contribution < -0.4 is 5.32 Å². The van der Waals surface area contributed by atoms with E-state index in [1.165, 1.54) is 18.0 Å². The van der Waals surface area contributed by atoms with Gasteiger partial charge in [0.25, 0.3) is 0 Å². The average molecular weight is 355 g/mol. The van der Waals surface area contributed by atoms with Crippen LogP contribution in [0, 0.1) is 0 Å². The Labute approximate surface area is 153 Å². The number of anilines is 1. The van der Waals surface area contributed by atoms with Crippen molar-refractivity contribution in [2.45, 2.75) is 20.0 Å². The van der Waals surface area contributed by atoms with E-state index in [0.29, 0.717) is 12.4 Å². The van der Waals surface area contributed by atoms with E-state index >= 15 is 0 Å². The lowest BCUT2D eigenvalue weighted by atomic mass is 10.1. The number of likely N-dealkylation sites (N-methyl/N-ethyl adjacent to an activating group) is 1. The molecule has 0 atom stereocenters. The minimum Gasteiger partial charge on any atom is -0.476 e. The van der Waals surface area contributed by atoms with E-state index in [9.17, 15) is 4.79 Å². The smallest absolute Gasteiger partial charge is 0.356 e. The summed E-state index contributed by atoms with van der Waals surface area (Å²) in [7, 11) is 0. The summed E-state index contributed by atoms with van der Waals surface area (Å²) in [4.78, 5) is 23.7. The molecule has 1 aromatic heterocycles. The summed E-state index contributed by atoms with van der Waals surface area (Å²) < 4.78 is 0. The minimum absolute atomic E-state index is 0.0559. The summed E-state index contributed by atoms with van der Waals surface area (Å²) >= 11 is 0. The molecule has 0 aliphatic carbocycles. The second-order valence-electron chi connectivity index (χ2n) is 6.47. The highest BCUT2D eigenvalue weighted by atomic mass is 16.4. The van der Waals surface area contributed by atoms with E-state index in [1.807, 2.05) is 0 Å². The third-order valence-corrected chi connectivity index (χ3v) is 4.69. The molecule has 3 rings (SSSR count). The van der Waals surface area contributed by atoms with Gasteiger partial charge in [0.1, 0.15) is 5.82 Å². The lowest BCUT2D eigenvalue weighted by molar-refractivity contribution is 0.0690. The van der Waals surface area contributed by atoms with Crippen LogP contribution in [0.1, 0.15) is 28.5 Å². The van der Waals surface area contributed by atoms with Gasteiger partial charge in [-0.1, -0.05) is 31.2 Å². The third-order valence-electron chi connectivity index (χ3n) is 4.69. The van der Waals surface area contributed by atoms with E-state index in [-0.39, 0.29) is 5.69 Å². The number of aromatic carboxylic acids is 1. The van der Waals surface area contributed by atoms with Gasteiger partial charge in [0.05, 0.1) is 12.4 Å². The number of rotatable bonds is 7. The summed E-state index contributed by atoms with van der Waals surface area (Å²) in [6.07, 6.45) is 2.69. The SMILES string of the molecule is CCN1CCN(Cc2ccc(CNc3cnc(C(=O)O)cn3)cc2)CC1. The quantitative estimate of drug-likeness (QED) is 0.785. The van der Waals surface area contributed by atoms with Crippen LogP contribution in [-0.2, 0) is 13.1 Å². The van der Waals surface area contributed by atoms with Crippen molar-refractivity contribution in [3.63, 3.8) is 0 Å². The lowest BCUT2D eigenvalue weighted by Gasteiger charge is -2.34. The van der Waals surface area contributed by atoms with Crippen molar-refractivity contribution in [2.75, 3.05) is 38.0 Å². The number of benzene rings is 1. The molecule has 7 nitrogen and oxygen atoms in total. The van der Waals surface area contributed by atoms with Crippen molar-refractivity contribution in [1.29, 1.82) is 0 Å². The molecule has 26 heavy (non-hydrogen) atoms. The maximum Gasteiger partial charge on any atom is 0.356 e. The van der Waals surface area contributed by atoms with Crippen LogP contribution in [0.15, 0.2) is 36.7 Å². The molecule has 1 aromatic carbocycles. The molecule has 2 aromatic rings. The average Bonchev–Trinajstić information content (AvgIpc) is 2.68. The Bertz CT molecular complexity index is 710. The predicted octanol–water partition coefficient (Wildman–Crippen LogP) is 1.92. The number of carbonyl (C=O) groups is 1. The molecule has 0 spiro atoms. The molecular formula is C19H25N5O2. The molecule has 2 heterocycles. The molecule has 1 aliphatic rings. The van der Waals surface area contributed by atoms with Crippen molar-refractivity contribution < 1.29 is 9.90 Å². The van der Waals surface area contributed by atoms with E-state index < -0.39 is 5.97 Å². The number of nitrogens with one attached hydrogen (secondary N) is 1. The van der Waals surface area contributed by atoms with Gasteiger partial charge in [-0.05, 0) is 17.7 Å². The van der Waals surface area contributed by atoms with Crippen molar-refractivity contribution in [3.05, 3.63) is 53.5 Å². The molecule has 0 bridgehead atoms. The number of carboxylic acids is 1. The molecular weight excluding hydrogens is 330 g/mol. The van der Waals surface area contributed by atoms with Gasteiger partial charge in [-0.2, -0.15) is 0 Å². The van der Waals surface area contributed by atoms with Crippen molar-refractivity contribution >= 4 is 11.8 Å². The first-order valence-corrected chi connectivity index (χ1v) is 8.96. The Kier molecular flexibility index (Phi) is 6.14. The highest BCUT2D eigenvalue weighted by Gasteiger charge is 2.15. The zero-order valence-corrected chi connectivity index (χ0v) is 15.1. The van der Waals surface area contributed by atoms with Crippen LogP contribution in [-0.4, -0.2) is 63.6 Å². The number of hydrogen-bond donors (Lipinski definition) is 2. The van der Waals surface area contributed by atoms with Gasteiger partial charge in [-0.15, -0.1) is 0 Å². The van der Waals surface area contributed by atoms with Crippen molar-refractivity contribution in [1.82, 2.24) is 19.8 Å². The first kappa shape index (κ1) is 18.3. The Balaban J connectivity index is 1.47. The Morgan fingerprint density at radius 3 is 2.27 bits per heavy atom. The van der Waals surface area contributed by atoms with Crippen LogP contribution in [0.5, 0.6) is 0 Å². The standard InChI is InChI=1S/C19H25N5O2/c1-2-23-7-9-24(10-8-23)14-16-5-3-15(4-6-16)11-21-18-13-20-17(12-22-18)19(25)26/h3-6,12-13H,2,7-11,14H2,1H3,(H,21,22)(H,25,26). The molecule has 1 fully saturated rings. The minimum atomic E-state index is -1.07. The zero-order chi connectivity index (χ0) is 18.4. The molecule has 1 saturated heterocycles. The van der Waals surface area contributed by atoms with Gasteiger partial charge in [0.2, 0.25) is 0 Å². The van der Waals surface area contributed by atoms with Crippen LogP contribution in [0.2, 0.25) is 0 Å².